The van der Waals surface area contributed by atoms with Gasteiger partial charge >= 0.3 is 0 Å². The summed E-state index contributed by atoms with van der Waals surface area (Å²) < 4.78 is 6.00. The first-order valence-electron chi connectivity index (χ1n) is 16.5. The number of nitrogens with zero attached hydrogens (tertiary/aromatic N) is 2. The number of carbonyl (C=O) groups excluding carboxylic acids is 1. The van der Waals surface area contributed by atoms with Gasteiger partial charge < -0.3 is 9.64 Å². The number of unbranched alkanes of at least 4 members (excludes halogenated alkanes) is 8. The maximum absolute atomic E-state index is 13.6. The topological polar surface area (TPSA) is 32.8 Å². The van der Waals surface area contributed by atoms with Crippen LogP contribution in [0.5, 0.6) is 5.75 Å². The van der Waals surface area contributed by atoms with E-state index in [0.29, 0.717) is 31.5 Å². The minimum atomic E-state index is 0.303. The molecule has 4 nitrogen and oxygen atoms in total. The highest BCUT2D eigenvalue weighted by molar-refractivity contribution is 5.76. The fraction of sp³-hybridized carbons (Fsp3) is 0.500. The largest absolute Gasteiger partial charge is 0.489 e. The van der Waals surface area contributed by atoms with Crippen molar-refractivity contribution in [3.05, 3.63) is 102 Å². The van der Waals surface area contributed by atoms with Crippen molar-refractivity contribution in [3.8, 4) is 5.75 Å². The molecule has 0 aliphatic carbocycles. The Hall–Kier alpha value is -3.11. The monoisotopic (exact) mass is 568 g/mol. The summed E-state index contributed by atoms with van der Waals surface area (Å²) in [6.45, 7) is 6.57. The van der Waals surface area contributed by atoms with E-state index in [1.165, 1.54) is 56.1 Å². The van der Waals surface area contributed by atoms with Crippen molar-refractivity contribution in [2.75, 3.05) is 13.1 Å². The predicted octanol–water partition coefficient (Wildman–Crippen LogP) is 9.18. The summed E-state index contributed by atoms with van der Waals surface area (Å²) in [5, 5.41) is 0. The highest BCUT2D eigenvalue weighted by atomic mass is 16.5. The van der Waals surface area contributed by atoms with Gasteiger partial charge in [-0.1, -0.05) is 131 Å². The SMILES string of the molecule is CCCCCCCCCCCC(=O)N(Cc1ccc(OCc2ccccc2)cc1)C1CCN(Cc2ccccc2)CC1. The lowest BCUT2D eigenvalue weighted by atomic mass is 10.00. The standard InChI is InChI=1S/C38H52N2O2/c1-2-3-4-5-6-7-8-9-16-21-38(41)40(36-26-28-39(29-27-36)30-33-17-12-10-13-18-33)31-34-22-24-37(25-23-34)42-32-35-19-14-11-15-20-35/h10-15,17-20,22-25,36H,2-9,16,21,26-32H2,1H3. The van der Waals surface area contributed by atoms with E-state index in [4.69, 9.17) is 4.74 Å². The van der Waals surface area contributed by atoms with E-state index >= 15 is 0 Å². The van der Waals surface area contributed by atoms with Gasteiger partial charge in [-0.05, 0) is 48.1 Å². The Morgan fingerprint density at radius 1 is 0.714 bits per heavy atom. The maximum Gasteiger partial charge on any atom is 0.223 e. The molecule has 0 bridgehead atoms. The van der Waals surface area contributed by atoms with Gasteiger partial charge in [0.15, 0.2) is 0 Å². The van der Waals surface area contributed by atoms with E-state index in [-0.39, 0.29) is 0 Å². The average molecular weight is 569 g/mol. The summed E-state index contributed by atoms with van der Waals surface area (Å²) in [7, 11) is 0. The second kappa shape index (κ2) is 18.4. The molecule has 1 fully saturated rings. The van der Waals surface area contributed by atoms with Crippen LogP contribution in [0.2, 0.25) is 0 Å². The van der Waals surface area contributed by atoms with Crippen molar-refractivity contribution < 1.29 is 9.53 Å². The van der Waals surface area contributed by atoms with Crippen LogP contribution in [0.4, 0.5) is 0 Å². The molecule has 0 aromatic heterocycles. The van der Waals surface area contributed by atoms with Gasteiger partial charge in [0.25, 0.3) is 0 Å². The normalized spacial score (nSPS) is 14.1. The number of ether oxygens (including phenoxy) is 1. The van der Waals surface area contributed by atoms with Crippen LogP contribution in [0.15, 0.2) is 84.9 Å². The molecular weight excluding hydrogens is 516 g/mol. The van der Waals surface area contributed by atoms with E-state index in [1.54, 1.807) is 0 Å². The number of hydrogen-bond donors (Lipinski definition) is 0. The Labute approximate surface area is 255 Å². The van der Waals surface area contributed by atoms with Crippen LogP contribution in [0, 0.1) is 0 Å². The molecule has 1 heterocycles. The number of benzene rings is 3. The molecule has 42 heavy (non-hydrogen) atoms. The van der Waals surface area contributed by atoms with E-state index in [9.17, 15) is 4.79 Å². The summed E-state index contributed by atoms with van der Waals surface area (Å²) in [5.74, 6) is 1.19. The van der Waals surface area contributed by atoms with Crippen LogP contribution in [0.25, 0.3) is 0 Å². The molecule has 0 unspecified atom stereocenters. The number of rotatable bonds is 18. The third kappa shape index (κ3) is 11.3. The van der Waals surface area contributed by atoms with Crippen LogP contribution in [0.3, 0.4) is 0 Å². The number of carbonyl (C=O) groups is 1. The summed E-state index contributed by atoms with van der Waals surface area (Å²) in [5.41, 5.74) is 3.70. The third-order valence-electron chi connectivity index (χ3n) is 8.59. The highest BCUT2D eigenvalue weighted by Crippen LogP contribution is 2.24. The van der Waals surface area contributed by atoms with E-state index < -0.39 is 0 Å². The maximum atomic E-state index is 13.6. The predicted molar refractivity (Wildman–Crippen MR) is 174 cm³/mol. The van der Waals surface area contributed by atoms with Gasteiger partial charge in [0, 0.05) is 38.6 Å². The molecular formula is C38H52N2O2. The van der Waals surface area contributed by atoms with Crippen LogP contribution < -0.4 is 4.74 Å². The van der Waals surface area contributed by atoms with Gasteiger partial charge in [0.2, 0.25) is 5.91 Å². The minimum Gasteiger partial charge on any atom is -0.489 e. The zero-order valence-corrected chi connectivity index (χ0v) is 25.9. The molecule has 0 N–H and O–H groups in total. The molecule has 3 aromatic rings. The van der Waals surface area contributed by atoms with Crippen molar-refractivity contribution in [2.24, 2.45) is 0 Å². The Morgan fingerprint density at radius 2 is 1.29 bits per heavy atom. The molecule has 1 aliphatic heterocycles. The fourth-order valence-electron chi connectivity index (χ4n) is 6.01. The second-order valence-electron chi connectivity index (χ2n) is 12.0. The first kappa shape index (κ1) is 31.8. The average Bonchev–Trinajstić information content (AvgIpc) is 3.04. The lowest BCUT2D eigenvalue weighted by Crippen LogP contribution is -2.46. The Bertz CT molecular complexity index is 1120. The quantitative estimate of drug-likeness (QED) is 0.143. The summed E-state index contributed by atoms with van der Waals surface area (Å²) in [4.78, 5) is 18.4. The zero-order valence-electron chi connectivity index (χ0n) is 25.9. The highest BCUT2D eigenvalue weighted by Gasteiger charge is 2.28. The number of piperidine rings is 1. The summed E-state index contributed by atoms with van der Waals surface area (Å²) >= 11 is 0. The molecule has 1 saturated heterocycles. The van der Waals surface area contributed by atoms with Gasteiger partial charge in [0.05, 0.1) is 0 Å². The first-order valence-corrected chi connectivity index (χ1v) is 16.5. The number of likely N-dealkylation sites (tertiary alicyclic amines) is 1. The molecule has 1 aliphatic rings. The van der Waals surface area contributed by atoms with Gasteiger partial charge in [-0.15, -0.1) is 0 Å². The summed E-state index contributed by atoms with van der Waals surface area (Å²) in [6.07, 6.45) is 14.2. The first-order chi connectivity index (χ1) is 20.7. The Balaban J connectivity index is 1.29. The van der Waals surface area contributed by atoms with Crippen molar-refractivity contribution in [3.63, 3.8) is 0 Å². The molecule has 0 spiro atoms. The summed E-state index contributed by atoms with van der Waals surface area (Å²) in [6, 6.07) is 29.6. The van der Waals surface area contributed by atoms with Gasteiger partial charge in [-0.3, -0.25) is 9.69 Å². The fourth-order valence-corrected chi connectivity index (χ4v) is 6.01. The molecule has 226 valence electrons. The minimum absolute atomic E-state index is 0.303. The van der Waals surface area contributed by atoms with Crippen LogP contribution in [-0.2, 0) is 24.5 Å². The number of hydrogen-bond acceptors (Lipinski definition) is 3. The molecule has 0 saturated carbocycles. The molecule has 4 rings (SSSR count). The smallest absolute Gasteiger partial charge is 0.223 e. The second-order valence-corrected chi connectivity index (χ2v) is 12.0. The van der Waals surface area contributed by atoms with Gasteiger partial charge in [0.1, 0.15) is 12.4 Å². The third-order valence-corrected chi connectivity index (χ3v) is 8.59. The zero-order chi connectivity index (χ0) is 29.2. The van der Waals surface area contributed by atoms with Crippen LogP contribution in [0.1, 0.15) is 101 Å². The molecule has 0 atom stereocenters. The molecule has 4 heteroatoms. The molecule has 0 radical (unpaired) electrons. The van der Waals surface area contributed by atoms with Crippen molar-refractivity contribution in [1.29, 1.82) is 0 Å². The number of amides is 1. The lowest BCUT2D eigenvalue weighted by molar-refractivity contribution is -0.135. The van der Waals surface area contributed by atoms with Gasteiger partial charge in [-0.25, -0.2) is 0 Å². The van der Waals surface area contributed by atoms with Crippen molar-refractivity contribution in [2.45, 2.75) is 110 Å². The molecule has 1 amide bonds. The van der Waals surface area contributed by atoms with Crippen molar-refractivity contribution >= 4 is 5.91 Å². The van der Waals surface area contributed by atoms with Gasteiger partial charge in [-0.2, -0.15) is 0 Å². The van der Waals surface area contributed by atoms with Crippen molar-refractivity contribution in [1.82, 2.24) is 9.80 Å². The van der Waals surface area contributed by atoms with Crippen LogP contribution in [-0.4, -0.2) is 34.8 Å². The van der Waals surface area contributed by atoms with E-state index in [1.807, 2.05) is 30.3 Å². The molecule has 3 aromatic carbocycles. The van der Waals surface area contributed by atoms with E-state index in [0.717, 1.165) is 56.6 Å². The van der Waals surface area contributed by atoms with E-state index in [2.05, 4.69) is 71.3 Å². The lowest BCUT2D eigenvalue weighted by Gasteiger charge is -2.39. The Morgan fingerprint density at radius 3 is 1.90 bits per heavy atom. The Kier molecular flexibility index (Phi) is 14.0. The van der Waals surface area contributed by atoms with Crippen LogP contribution >= 0.6 is 0 Å².